The van der Waals surface area contributed by atoms with Gasteiger partial charge in [-0.2, -0.15) is 0 Å². The first-order valence-corrected chi connectivity index (χ1v) is 8.48. The summed E-state index contributed by atoms with van der Waals surface area (Å²) < 4.78 is 0. The smallest absolute Gasteiger partial charge is 0.0943 e. The summed E-state index contributed by atoms with van der Waals surface area (Å²) in [4.78, 5) is 4.61. The Hall–Kier alpha value is -0.670. The van der Waals surface area contributed by atoms with E-state index in [2.05, 4.69) is 35.6 Å². The Bertz CT molecular complexity index is 409. The molecule has 1 aliphatic rings. The largest absolute Gasteiger partial charge is 0.313 e. The molecule has 2 rings (SSSR count). The molecule has 1 atom stereocenters. The number of rotatable bonds is 7. The van der Waals surface area contributed by atoms with E-state index in [9.17, 15) is 0 Å². The maximum atomic E-state index is 4.61. The minimum absolute atomic E-state index is 0.565. The minimum atomic E-state index is 0.565. The van der Waals surface area contributed by atoms with Crippen LogP contribution in [0.25, 0.3) is 0 Å². The van der Waals surface area contributed by atoms with Crippen molar-refractivity contribution in [3.05, 3.63) is 27.7 Å². The Morgan fingerprint density at radius 3 is 2.89 bits per heavy atom. The first-order valence-electron chi connectivity index (χ1n) is 7.60. The first-order chi connectivity index (χ1) is 9.28. The second-order valence-corrected chi connectivity index (χ2v) is 6.49. The van der Waals surface area contributed by atoms with Crippen molar-refractivity contribution in [2.24, 2.45) is 0 Å². The van der Waals surface area contributed by atoms with Crippen LogP contribution in [0.2, 0.25) is 0 Å². The highest BCUT2D eigenvalue weighted by Gasteiger charge is 2.14. The summed E-state index contributed by atoms with van der Waals surface area (Å²) in [5.74, 6) is 0. The monoisotopic (exact) mass is 278 g/mol. The molecule has 1 unspecified atom stereocenters. The van der Waals surface area contributed by atoms with Crippen LogP contribution in [0.15, 0.2) is 17.0 Å². The maximum Gasteiger partial charge on any atom is 0.0943 e. The molecule has 0 spiro atoms. The Kier molecular flexibility index (Phi) is 6.05. The van der Waals surface area contributed by atoms with Gasteiger partial charge in [-0.1, -0.05) is 18.6 Å². The number of allylic oxidation sites excluding steroid dienone is 1. The fraction of sp³-hybridized carbons (Fsp3) is 0.688. The SMILES string of the molecule is CCCNC(CC1=CCCCC1)Cc1nc(C)cs1. The normalized spacial score (nSPS) is 17.3. The van der Waals surface area contributed by atoms with E-state index in [1.807, 2.05) is 0 Å². The van der Waals surface area contributed by atoms with Crippen LogP contribution in [0, 0.1) is 6.92 Å². The molecule has 19 heavy (non-hydrogen) atoms. The summed E-state index contributed by atoms with van der Waals surface area (Å²) in [7, 11) is 0. The number of nitrogens with zero attached hydrogens (tertiary/aromatic N) is 1. The summed E-state index contributed by atoms with van der Waals surface area (Å²) in [6.07, 6.45) is 11.3. The molecule has 2 nitrogen and oxygen atoms in total. The Balaban J connectivity index is 1.92. The van der Waals surface area contributed by atoms with Crippen molar-refractivity contribution < 1.29 is 0 Å². The molecular weight excluding hydrogens is 252 g/mol. The molecule has 0 aromatic carbocycles. The molecular formula is C16H26N2S. The van der Waals surface area contributed by atoms with E-state index in [1.165, 1.54) is 43.5 Å². The zero-order chi connectivity index (χ0) is 13.5. The summed E-state index contributed by atoms with van der Waals surface area (Å²) in [6.45, 7) is 5.43. The van der Waals surface area contributed by atoms with Crippen LogP contribution in [-0.4, -0.2) is 17.6 Å². The molecule has 1 heterocycles. The second kappa shape index (κ2) is 7.81. The zero-order valence-corrected chi connectivity index (χ0v) is 13.1. The van der Waals surface area contributed by atoms with Crippen molar-refractivity contribution in [3.63, 3.8) is 0 Å². The topological polar surface area (TPSA) is 24.9 Å². The average molecular weight is 278 g/mol. The van der Waals surface area contributed by atoms with E-state index in [4.69, 9.17) is 0 Å². The lowest BCUT2D eigenvalue weighted by Gasteiger charge is -2.21. The van der Waals surface area contributed by atoms with Gasteiger partial charge in [-0.05, 0) is 52.0 Å². The van der Waals surface area contributed by atoms with Crippen LogP contribution in [0.3, 0.4) is 0 Å². The predicted molar refractivity (Wildman–Crippen MR) is 83.8 cm³/mol. The van der Waals surface area contributed by atoms with E-state index in [0.29, 0.717) is 6.04 Å². The van der Waals surface area contributed by atoms with Gasteiger partial charge in [0.15, 0.2) is 0 Å². The third-order valence-electron chi connectivity index (χ3n) is 3.66. The van der Waals surface area contributed by atoms with Gasteiger partial charge in [-0.15, -0.1) is 11.3 Å². The van der Waals surface area contributed by atoms with Crippen LogP contribution in [-0.2, 0) is 6.42 Å². The van der Waals surface area contributed by atoms with Gasteiger partial charge >= 0.3 is 0 Å². The van der Waals surface area contributed by atoms with Crippen LogP contribution >= 0.6 is 11.3 Å². The molecule has 0 fully saturated rings. The number of aromatic nitrogens is 1. The predicted octanol–water partition coefficient (Wildman–Crippen LogP) is 4.25. The first kappa shape index (κ1) is 14.7. The fourth-order valence-corrected chi connectivity index (χ4v) is 3.53. The standard InChI is InChI=1S/C16H26N2S/c1-3-9-17-15(10-14-7-5-4-6-8-14)11-16-18-13(2)12-19-16/h7,12,15,17H,3-6,8-11H2,1-2H3. The number of nitrogens with one attached hydrogen (secondary N) is 1. The summed E-state index contributed by atoms with van der Waals surface area (Å²) >= 11 is 1.80. The molecule has 1 aromatic heterocycles. The van der Waals surface area contributed by atoms with Crippen LogP contribution in [0.1, 0.15) is 56.2 Å². The molecule has 0 saturated heterocycles. The highest BCUT2D eigenvalue weighted by atomic mass is 32.1. The fourth-order valence-electron chi connectivity index (χ4n) is 2.68. The van der Waals surface area contributed by atoms with Crippen molar-refractivity contribution in [2.75, 3.05) is 6.54 Å². The Morgan fingerprint density at radius 1 is 1.37 bits per heavy atom. The van der Waals surface area contributed by atoms with Gasteiger partial charge in [0.05, 0.1) is 5.01 Å². The minimum Gasteiger partial charge on any atom is -0.313 e. The van der Waals surface area contributed by atoms with Crippen molar-refractivity contribution in [1.29, 1.82) is 0 Å². The number of thiazole rings is 1. The molecule has 0 bridgehead atoms. The van der Waals surface area contributed by atoms with Crippen molar-refractivity contribution >= 4 is 11.3 Å². The van der Waals surface area contributed by atoms with E-state index in [0.717, 1.165) is 18.7 Å². The van der Waals surface area contributed by atoms with E-state index < -0.39 is 0 Å². The van der Waals surface area contributed by atoms with Gasteiger partial charge in [-0.3, -0.25) is 0 Å². The highest BCUT2D eigenvalue weighted by molar-refractivity contribution is 7.09. The number of hydrogen-bond donors (Lipinski definition) is 1. The van der Waals surface area contributed by atoms with Crippen molar-refractivity contribution in [1.82, 2.24) is 10.3 Å². The molecule has 1 aliphatic carbocycles. The van der Waals surface area contributed by atoms with Gasteiger partial charge in [0.1, 0.15) is 0 Å². The summed E-state index contributed by atoms with van der Waals surface area (Å²) in [5, 5.41) is 7.14. The average Bonchev–Trinajstić information content (AvgIpc) is 2.82. The summed E-state index contributed by atoms with van der Waals surface area (Å²) in [5.41, 5.74) is 2.82. The van der Waals surface area contributed by atoms with Gasteiger partial charge < -0.3 is 5.32 Å². The second-order valence-electron chi connectivity index (χ2n) is 5.55. The number of aryl methyl sites for hydroxylation is 1. The Labute approximate surface area is 121 Å². The molecule has 0 aliphatic heterocycles. The van der Waals surface area contributed by atoms with Gasteiger partial charge in [0.2, 0.25) is 0 Å². The quantitative estimate of drug-likeness (QED) is 0.754. The van der Waals surface area contributed by atoms with Crippen LogP contribution in [0.5, 0.6) is 0 Å². The number of hydrogen-bond acceptors (Lipinski definition) is 3. The lowest BCUT2D eigenvalue weighted by Crippen LogP contribution is -2.32. The highest BCUT2D eigenvalue weighted by Crippen LogP contribution is 2.23. The lowest BCUT2D eigenvalue weighted by atomic mass is 9.93. The zero-order valence-electron chi connectivity index (χ0n) is 12.2. The molecule has 106 valence electrons. The third kappa shape index (κ3) is 5.07. The Morgan fingerprint density at radius 2 is 2.26 bits per heavy atom. The molecule has 0 radical (unpaired) electrons. The lowest BCUT2D eigenvalue weighted by molar-refractivity contribution is 0.489. The summed E-state index contributed by atoms with van der Waals surface area (Å²) in [6, 6.07) is 0.565. The van der Waals surface area contributed by atoms with E-state index in [1.54, 1.807) is 16.9 Å². The van der Waals surface area contributed by atoms with E-state index in [-0.39, 0.29) is 0 Å². The van der Waals surface area contributed by atoms with Crippen molar-refractivity contribution in [3.8, 4) is 0 Å². The molecule has 3 heteroatoms. The van der Waals surface area contributed by atoms with Gasteiger partial charge in [-0.25, -0.2) is 4.98 Å². The van der Waals surface area contributed by atoms with Crippen LogP contribution in [0.4, 0.5) is 0 Å². The van der Waals surface area contributed by atoms with E-state index >= 15 is 0 Å². The molecule has 0 amide bonds. The molecule has 1 N–H and O–H groups in total. The molecule has 1 aromatic rings. The van der Waals surface area contributed by atoms with Gasteiger partial charge in [0, 0.05) is 23.5 Å². The molecule has 0 saturated carbocycles. The van der Waals surface area contributed by atoms with Crippen molar-refractivity contribution in [2.45, 2.75) is 64.8 Å². The maximum absolute atomic E-state index is 4.61. The van der Waals surface area contributed by atoms with Gasteiger partial charge in [0.25, 0.3) is 0 Å². The van der Waals surface area contributed by atoms with Crippen LogP contribution < -0.4 is 5.32 Å². The third-order valence-corrected chi connectivity index (χ3v) is 4.65.